The maximum Gasteiger partial charge on any atom is 0.472 e. The monoisotopic (exact) mass is 691 g/mol. The average molecular weight is 691 g/mol. The predicted octanol–water partition coefficient (Wildman–Crippen LogP) is 9.85. The van der Waals surface area contributed by atoms with E-state index in [9.17, 15) is 19.0 Å². The number of allylic oxidation sites excluding steroid dienone is 2. The molecule has 1 unspecified atom stereocenters. The minimum absolute atomic E-state index is 0.0326. The fourth-order valence-electron chi connectivity index (χ4n) is 4.99. The Bertz CT molecular complexity index is 830. The third-order valence-electron chi connectivity index (χ3n) is 8.05. The lowest BCUT2D eigenvalue weighted by Gasteiger charge is -2.24. The van der Waals surface area contributed by atoms with Gasteiger partial charge in [0.2, 0.25) is 0 Å². The zero-order chi connectivity index (χ0) is 35.1. The van der Waals surface area contributed by atoms with Crippen molar-refractivity contribution in [2.24, 2.45) is 0 Å². The topological polar surface area (TPSA) is 108 Å². The molecule has 47 heavy (non-hydrogen) atoms. The summed E-state index contributed by atoms with van der Waals surface area (Å²) in [5.41, 5.74) is 0. The van der Waals surface area contributed by atoms with Crippen molar-refractivity contribution in [2.75, 3.05) is 47.5 Å². The molecule has 278 valence electrons. The molecule has 0 heterocycles. The Morgan fingerprint density at radius 2 is 1.11 bits per heavy atom. The molecule has 0 saturated heterocycles. The molecule has 2 atom stereocenters. The van der Waals surface area contributed by atoms with Gasteiger partial charge in [-0.3, -0.25) is 18.6 Å². The average Bonchev–Trinajstić information content (AvgIpc) is 3.01. The highest BCUT2D eigenvalue weighted by Crippen LogP contribution is 2.43. The number of hydrogen-bond donors (Lipinski definition) is 1. The number of nitrogens with zero attached hydrogens (tertiary/aromatic N) is 1. The van der Waals surface area contributed by atoms with Crippen LogP contribution in [0.15, 0.2) is 12.2 Å². The highest BCUT2D eigenvalue weighted by molar-refractivity contribution is 7.47. The first kappa shape index (κ1) is 45.8. The summed E-state index contributed by atoms with van der Waals surface area (Å²) < 4.78 is 34.1. The van der Waals surface area contributed by atoms with E-state index in [-0.39, 0.29) is 25.6 Å². The zero-order valence-corrected chi connectivity index (χ0v) is 31.9. The van der Waals surface area contributed by atoms with Crippen molar-refractivity contribution in [2.45, 2.75) is 168 Å². The van der Waals surface area contributed by atoms with E-state index in [2.05, 4.69) is 26.0 Å². The number of phosphoric acid groups is 1. The summed E-state index contributed by atoms with van der Waals surface area (Å²) >= 11 is 0. The summed E-state index contributed by atoms with van der Waals surface area (Å²) in [7, 11) is 1.47. The van der Waals surface area contributed by atoms with E-state index in [0.29, 0.717) is 23.9 Å². The fourth-order valence-corrected chi connectivity index (χ4v) is 5.74. The van der Waals surface area contributed by atoms with Crippen molar-refractivity contribution < 1.29 is 42.1 Å². The molecule has 0 aliphatic carbocycles. The largest absolute Gasteiger partial charge is 0.472 e. The molecule has 0 saturated carbocycles. The number of esters is 2. The maximum atomic E-state index is 12.6. The minimum Gasteiger partial charge on any atom is -0.462 e. The lowest BCUT2D eigenvalue weighted by molar-refractivity contribution is -0.870. The molecular weight excluding hydrogens is 617 g/mol. The molecule has 0 radical (unpaired) electrons. The van der Waals surface area contributed by atoms with Gasteiger partial charge < -0.3 is 18.9 Å². The van der Waals surface area contributed by atoms with Gasteiger partial charge in [0.05, 0.1) is 27.7 Å². The highest BCUT2D eigenvalue weighted by Gasteiger charge is 2.27. The van der Waals surface area contributed by atoms with Crippen LogP contribution in [0.2, 0.25) is 0 Å². The Morgan fingerprint density at radius 1 is 0.638 bits per heavy atom. The van der Waals surface area contributed by atoms with Gasteiger partial charge in [0, 0.05) is 12.8 Å². The molecule has 9 nitrogen and oxygen atoms in total. The van der Waals surface area contributed by atoms with E-state index in [0.717, 1.165) is 57.8 Å². The third-order valence-corrected chi connectivity index (χ3v) is 9.03. The van der Waals surface area contributed by atoms with Gasteiger partial charge in [0.25, 0.3) is 0 Å². The van der Waals surface area contributed by atoms with Crippen LogP contribution in [0.5, 0.6) is 0 Å². The number of rotatable bonds is 34. The van der Waals surface area contributed by atoms with Gasteiger partial charge in [0.1, 0.15) is 19.8 Å². The summed E-state index contributed by atoms with van der Waals surface area (Å²) in [4.78, 5) is 35.1. The fraction of sp³-hybridized carbons (Fsp3) is 0.892. The summed E-state index contributed by atoms with van der Waals surface area (Å²) in [5, 5.41) is 0. The van der Waals surface area contributed by atoms with Crippen LogP contribution >= 0.6 is 7.82 Å². The summed E-state index contributed by atoms with van der Waals surface area (Å²) in [6, 6.07) is 0. The molecule has 0 aliphatic heterocycles. The number of unbranched alkanes of at least 4 members (excludes halogenated alkanes) is 18. The number of quaternary nitrogens is 1. The second kappa shape index (κ2) is 30.8. The van der Waals surface area contributed by atoms with Crippen LogP contribution in [0.4, 0.5) is 0 Å². The molecule has 1 N–H and O–H groups in total. The van der Waals surface area contributed by atoms with Crippen LogP contribution in [-0.2, 0) is 32.7 Å². The Kier molecular flexibility index (Phi) is 30.0. The summed E-state index contributed by atoms with van der Waals surface area (Å²) in [5.74, 6) is -0.807. The van der Waals surface area contributed by atoms with Gasteiger partial charge in [-0.15, -0.1) is 0 Å². The molecule has 0 amide bonds. The number of likely N-dealkylation sites (N-methyl/N-ethyl adjacent to an activating group) is 1. The van der Waals surface area contributed by atoms with Crippen LogP contribution in [-0.4, -0.2) is 74.9 Å². The van der Waals surface area contributed by atoms with Gasteiger partial charge in [-0.2, -0.15) is 0 Å². The van der Waals surface area contributed by atoms with Crippen molar-refractivity contribution in [3.63, 3.8) is 0 Å². The van der Waals surface area contributed by atoms with Gasteiger partial charge in [-0.05, 0) is 32.1 Å². The van der Waals surface area contributed by atoms with Crippen molar-refractivity contribution in [1.82, 2.24) is 0 Å². The number of phosphoric ester groups is 1. The predicted molar refractivity (Wildman–Crippen MR) is 192 cm³/mol. The summed E-state index contributed by atoms with van der Waals surface area (Å²) in [6.07, 6.45) is 28.3. The smallest absolute Gasteiger partial charge is 0.462 e. The van der Waals surface area contributed by atoms with Gasteiger partial charge in [-0.1, -0.05) is 129 Å². The molecule has 0 aromatic carbocycles. The first-order chi connectivity index (χ1) is 22.5. The molecule has 0 rings (SSSR count). The molecular formula is C37H73NO8P+. The van der Waals surface area contributed by atoms with Crippen LogP contribution in [0.1, 0.15) is 162 Å². The third kappa shape index (κ3) is 34.4. The van der Waals surface area contributed by atoms with Crippen LogP contribution < -0.4 is 0 Å². The van der Waals surface area contributed by atoms with Crippen molar-refractivity contribution >= 4 is 19.8 Å². The number of carbonyl (C=O) groups is 2. The Hall–Kier alpha value is -1.25. The van der Waals surface area contributed by atoms with E-state index in [4.69, 9.17) is 18.5 Å². The van der Waals surface area contributed by atoms with E-state index in [1.807, 2.05) is 21.1 Å². The Balaban J connectivity index is 4.45. The maximum absolute atomic E-state index is 12.6. The minimum atomic E-state index is -4.36. The van der Waals surface area contributed by atoms with E-state index in [1.165, 1.54) is 70.6 Å². The molecule has 0 aliphatic rings. The van der Waals surface area contributed by atoms with Crippen LogP contribution in [0.25, 0.3) is 0 Å². The molecule has 0 fully saturated rings. The second-order valence-electron chi connectivity index (χ2n) is 14.0. The lowest BCUT2D eigenvalue weighted by atomic mass is 10.0. The quantitative estimate of drug-likeness (QED) is 0.0234. The summed E-state index contributed by atoms with van der Waals surface area (Å²) in [6.45, 7) is 4.36. The Morgan fingerprint density at radius 3 is 1.64 bits per heavy atom. The molecule has 0 bridgehead atoms. The van der Waals surface area contributed by atoms with Crippen LogP contribution in [0, 0.1) is 0 Å². The molecule has 10 heteroatoms. The molecule has 0 aromatic rings. The number of carbonyl (C=O) groups excluding carboxylic acids is 2. The van der Waals surface area contributed by atoms with Gasteiger partial charge in [0.15, 0.2) is 6.10 Å². The van der Waals surface area contributed by atoms with E-state index < -0.39 is 26.5 Å². The first-order valence-electron chi connectivity index (χ1n) is 18.9. The van der Waals surface area contributed by atoms with E-state index in [1.54, 1.807) is 0 Å². The highest BCUT2D eigenvalue weighted by atomic mass is 31.2. The lowest BCUT2D eigenvalue weighted by Crippen LogP contribution is -2.37. The van der Waals surface area contributed by atoms with Gasteiger partial charge in [-0.25, -0.2) is 4.57 Å². The number of ether oxygens (including phenoxy) is 2. The van der Waals surface area contributed by atoms with Crippen molar-refractivity contribution in [3.05, 3.63) is 12.2 Å². The van der Waals surface area contributed by atoms with Gasteiger partial charge >= 0.3 is 19.8 Å². The SMILES string of the molecule is CCCC/C=C/CCCCCCCC(=O)O[C@@H](COC(=O)CCCCCCCCCCCCCC)COP(=O)(O)OCC[N+](C)(C)C. The van der Waals surface area contributed by atoms with Crippen molar-refractivity contribution in [3.8, 4) is 0 Å². The Labute approximate surface area is 288 Å². The molecule has 0 spiro atoms. The zero-order valence-electron chi connectivity index (χ0n) is 31.0. The van der Waals surface area contributed by atoms with E-state index >= 15 is 0 Å². The number of hydrogen-bond acceptors (Lipinski definition) is 7. The standard InChI is InChI=1S/C37H72NO8P/c1-6-8-10-12-14-16-18-20-21-23-25-27-29-36(39)43-33-35(34-45-47(41,42)44-32-31-38(3,4)5)46-37(40)30-28-26-24-22-19-17-15-13-11-9-7-2/h13,15,35H,6-12,14,16-34H2,1-5H3/p+1/b15-13+/t35-/m0/s1. The molecule has 0 aromatic heterocycles. The second-order valence-corrected chi connectivity index (χ2v) is 15.4. The normalized spacial score (nSPS) is 13.9. The van der Waals surface area contributed by atoms with Crippen LogP contribution in [0.3, 0.4) is 0 Å². The first-order valence-corrected chi connectivity index (χ1v) is 20.4. The van der Waals surface area contributed by atoms with Crippen molar-refractivity contribution in [1.29, 1.82) is 0 Å².